The van der Waals surface area contributed by atoms with Crippen molar-refractivity contribution >= 4 is 0 Å². The zero-order valence-electron chi connectivity index (χ0n) is 13.5. The van der Waals surface area contributed by atoms with E-state index in [1.807, 2.05) is 0 Å². The Morgan fingerprint density at radius 3 is 2.20 bits per heavy atom. The van der Waals surface area contributed by atoms with Crippen molar-refractivity contribution in [3.63, 3.8) is 0 Å². The Morgan fingerprint density at radius 2 is 1.70 bits per heavy atom. The molecule has 0 aromatic heterocycles. The van der Waals surface area contributed by atoms with Crippen molar-refractivity contribution in [1.82, 2.24) is 4.90 Å². The molecule has 1 atom stereocenters. The first kappa shape index (κ1) is 15.5. The predicted octanol–water partition coefficient (Wildman–Crippen LogP) is 3.86. The van der Waals surface area contributed by atoms with Gasteiger partial charge in [-0.3, -0.25) is 0 Å². The smallest absolute Gasteiger partial charge is 0.0424 e. The van der Waals surface area contributed by atoms with Gasteiger partial charge < -0.3 is 10.6 Å². The fraction of sp³-hybridized carbons (Fsp3) is 0.667. The first-order chi connectivity index (χ1) is 9.38. The number of nitrogens with two attached hydrogens (primary N) is 1. The van der Waals surface area contributed by atoms with E-state index < -0.39 is 0 Å². The van der Waals surface area contributed by atoms with Gasteiger partial charge in [0.2, 0.25) is 0 Å². The SMILES string of the molecule is CN(CC(N)c1ccc(C(C)(C)C)cc1)C1CCCC1. The lowest BCUT2D eigenvalue weighted by Gasteiger charge is -2.27. The molecule has 1 aliphatic carbocycles. The molecule has 1 fully saturated rings. The van der Waals surface area contributed by atoms with E-state index in [1.54, 1.807) is 0 Å². The Bertz CT molecular complexity index is 410. The van der Waals surface area contributed by atoms with Crippen LogP contribution in [0.15, 0.2) is 24.3 Å². The van der Waals surface area contributed by atoms with Crippen LogP contribution in [0, 0.1) is 0 Å². The Labute approximate surface area is 124 Å². The molecule has 112 valence electrons. The molecule has 1 aliphatic rings. The molecule has 1 aromatic rings. The molecule has 0 bridgehead atoms. The van der Waals surface area contributed by atoms with Gasteiger partial charge in [-0.1, -0.05) is 57.9 Å². The van der Waals surface area contributed by atoms with E-state index in [0.717, 1.165) is 12.6 Å². The van der Waals surface area contributed by atoms with Crippen LogP contribution in [0.4, 0.5) is 0 Å². The van der Waals surface area contributed by atoms with E-state index >= 15 is 0 Å². The summed E-state index contributed by atoms with van der Waals surface area (Å²) in [5, 5.41) is 0. The van der Waals surface area contributed by atoms with Crippen LogP contribution >= 0.6 is 0 Å². The third kappa shape index (κ3) is 3.83. The quantitative estimate of drug-likeness (QED) is 0.903. The third-order valence-corrected chi connectivity index (χ3v) is 4.64. The van der Waals surface area contributed by atoms with Crippen LogP contribution < -0.4 is 5.73 Å². The lowest BCUT2D eigenvalue weighted by Crippen LogP contribution is -2.35. The van der Waals surface area contributed by atoms with Crippen molar-refractivity contribution < 1.29 is 0 Å². The summed E-state index contributed by atoms with van der Waals surface area (Å²) in [5.41, 5.74) is 9.22. The van der Waals surface area contributed by atoms with Gasteiger partial charge in [0, 0.05) is 18.6 Å². The highest BCUT2D eigenvalue weighted by Gasteiger charge is 2.21. The number of likely N-dealkylation sites (N-methyl/N-ethyl adjacent to an activating group) is 1. The first-order valence-corrected chi connectivity index (χ1v) is 7.94. The van der Waals surface area contributed by atoms with E-state index in [0.29, 0.717) is 0 Å². The lowest BCUT2D eigenvalue weighted by molar-refractivity contribution is 0.231. The van der Waals surface area contributed by atoms with Gasteiger partial charge in [-0.2, -0.15) is 0 Å². The number of rotatable bonds is 4. The van der Waals surface area contributed by atoms with E-state index in [1.165, 1.54) is 36.8 Å². The topological polar surface area (TPSA) is 29.3 Å². The van der Waals surface area contributed by atoms with Gasteiger partial charge >= 0.3 is 0 Å². The van der Waals surface area contributed by atoms with Crippen molar-refractivity contribution in [1.29, 1.82) is 0 Å². The molecular weight excluding hydrogens is 244 g/mol. The zero-order valence-corrected chi connectivity index (χ0v) is 13.5. The minimum atomic E-state index is 0.120. The summed E-state index contributed by atoms with van der Waals surface area (Å²) in [4.78, 5) is 2.45. The zero-order chi connectivity index (χ0) is 14.8. The average Bonchev–Trinajstić information content (AvgIpc) is 2.91. The van der Waals surface area contributed by atoms with Crippen LogP contribution in [-0.4, -0.2) is 24.5 Å². The van der Waals surface area contributed by atoms with Gasteiger partial charge in [0.25, 0.3) is 0 Å². The molecule has 2 nitrogen and oxygen atoms in total. The fourth-order valence-corrected chi connectivity index (χ4v) is 3.14. The predicted molar refractivity (Wildman–Crippen MR) is 87.0 cm³/mol. The van der Waals surface area contributed by atoms with Crippen LogP contribution in [0.1, 0.15) is 63.6 Å². The van der Waals surface area contributed by atoms with E-state index in [9.17, 15) is 0 Å². The maximum absolute atomic E-state index is 6.38. The fourth-order valence-electron chi connectivity index (χ4n) is 3.14. The second kappa shape index (κ2) is 6.28. The van der Waals surface area contributed by atoms with Crippen molar-refractivity contribution in [2.75, 3.05) is 13.6 Å². The van der Waals surface area contributed by atoms with E-state index in [-0.39, 0.29) is 11.5 Å². The van der Waals surface area contributed by atoms with Crippen molar-refractivity contribution in [2.45, 2.75) is 64.0 Å². The second-order valence-corrected chi connectivity index (χ2v) is 7.36. The maximum Gasteiger partial charge on any atom is 0.0424 e. The highest BCUT2D eigenvalue weighted by atomic mass is 15.1. The van der Waals surface area contributed by atoms with Gasteiger partial charge in [-0.15, -0.1) is 0 Å². The summed E-state index contributed by atoms with van der Waals surface area (Å²) in [6.07, 6.45) is 5.44. The highest BCUT2D eigenvalue weighted by molar-refractivity contribution is 5.29. The lowest BCUT2D eigenvalue weighted by atomic mass is 9.86. The standard InChI is InChI=1S/C18H30N2/c1-18(2,3)15-11-9-14(10-12-15)17(19)13-20(4)16-7-5-6-8-16/h9-12,16-17H,5-8,13,19H2,1-4H3. The number of hydrogen-bond donors (Lipinski definition) is 1. The largest absolute Gasteiger partial charge is 0.323 e. The minimum absolute atomic E-state index is 0.120. The molecule has 0 amide bonds. The number of nitrogens with zero attached hydrogens (tertiary/aromatic N) is 1. The Morgan fingerprint density at radius 1 is 1.15 bits per heavy atom. The van der Waals surface area contributed by atoms with Gasteiger partial charge in [-0.05, 0) is 36.4 Å². The Balaban J connectivity index is 1.96. The van der Waals surface area contributed by atoms with E-state index in [4.69, 9.17) is 5.73 Å². The van der Waals surface area contributed by atoms with Crippen LogP contribution in [0.5, 0.6) is 0 Å². The van der Waals surface area contributed by atoms with E-state index in [2.05, 4.69) is 57.0 Å². The average molecular weight is 274 g/mol. The summed E-state index contributed by atoms with van der Waals surface area (Å²) < 4.78 is 0. The molecule has 0 aliphatic heterocycles. The second-order valence-electron chi connectivity index (χ2n) is 7.36. The van der Waals surface area contributed by atoms with Crippen molar-refractivity contribution in [3.05, 3.63) is 35.4 Å². The molecule has 1 saturated carbocycles. The van der Waals surface area contributed by atoms with Crippen molar-refractivity contribution in [3.8, 4) is 0 Å². The van der Waals surface area contributed by atoms with Crippen LogP contribution in [0.2, 0.25) is 0 Å². The van der Waals surface area contributed by atoms with Gasteiger partial charge in [0.15, 0.2) is 0 Å². The summed E-state index contributed by atoms with van der Waals surface area (Å²) in [5.74, 6) is 0. The van der Waals surface area contributed by atoms with Crippen LogP contribution in [-0.2, 0) is 5.41 Å². The molecule has 1 unspecified atom stereocenters. The minimum Gasteiger partial charge on any atom is -0.323 e. The summed E-state index contributed by atoms with van der Waals surface area (Å²) >= 11 is 0. The molecule has 20 heavy (non-hydrogen) atoms. The van der Waals surface area contributed by atoms with Crippen LogP contribution in [0.3, 0.4) is 0 Å². The highest BCUT2D eigenvalue weighted by Crippen LogP contribution is 2.26. The Hall–Kier alpha value is -0.860. The summed E-state index contributed by atoms with van der Waals surface area (Å²) in [6.45, 7) is 7.70. The molecule has 0 spiro atoms. The normalized spacial score (nSPS) is 18.7. The summed E-state index contributed by atoms with van der Waals surface area (Å²) in [6, 6.07) is 9.72. The van der Waals surface area contributed by atoms with Crippen molar-refractivity contribution in [2.24, 2.45) is 5.73 Å². The summed E-state index contributed by atoms with van der Waals surface area (Å²) in [7, 11) is 2.22. The van der Waals surface area contributed by atoms with Gasteiger partial charge in [0.1, 0.15) is 0 Å². The molecule has 2 heteroatoms. The Kier molecular flexibility index (Phi) is 4.87. The molecule has 2 rings (SSSR count). The molecule has 0 radical (unpaired) electrons. The molecule has 0 saturated heterocycles. The molecular formula is C18H30N2. The number of hydrogen-bond acceptors (Lipinski definition) is 2. The first-order valence-electron chi connectivity index (χ1n) is 7.94. The third-order valence-electron chi connectivity index (χ3n) is 4.64. The maximum atomic E-state index is 6.38. The molecule has 2 N–H and O–H groups in total. The van der Waals surface area contributed by atoms with Gasteiger partial charge in [-0.25, -0.2) is 0 Å². The monoisotopic (exact) mass is 274 g/mol. The number of benzene rings is 1. The molecule has 1 aromatic carbocycles. The molecule has 0 heterocycles. The van der Waals surface area contributed by atoms with Gasteiger partial charge in [0.05, 0.1) is 0 Å². The van der Waals surface area contributed by atoms with Crippen LogP contribution in [0.25, 0.3) is 0 Å².